The van der Waals surface area contributed by atoms with Gasteiger partial charge in [-0.05, 0) is 5.57 Å². The first-order valence-corrected chi connectivity index (χ1v) is 4.67. The van der Waals surface area contributed by atoms with E-state index in [0.717, 1.165) is 6.08 Å². The van der Waals surface area contributed by atoms with E-state index in [1.54, 1.807) is 6.07 Å². The second-order valence-electron chi connectivity index (χ2n) is 3.44. The lowest BCUT2D eigenvalue weighted by Gasteiger charge is -2.37. The van der Waals surface area contributed by atoms with Crippen LogP contribution in [0.2, 0.25) is 0 Å². The Morgan fingerprint density at radius 1 is 1.40 bits per heavy atom. The Morgan fingerprint density at radius 2 is 2.07 bits per heavy atom. The summed E-state index contributed by atoms with van der Waals surface area (Å²) in [6.07, 6.45) is -1.28. The van der Waals surface area contributed by atoms with Crippen LogP contribution in [0.1, 0.15) is 6.42 Å². The van der Waals surface area contributed by atoms with Crippen LogP contribution < -0.4 is 0 Å². The molecule has 1 fully saturated rings. The number of hydrogen-bond donors (Lipinski definition) is 2. The van der Waals surface area contributed by atoms with E-state index in [9.17, 15) is 10.2 Å². The van der Waals surface area contributed by atoms with Crippen molar-refractivity contribution in [3.63, 3.8) is 0 Å². The van der Waals surface area contributed by atoms with Crippen molar-refractivity contribution in [3.05, 3.63) is 11.6 Å². The minimum absolute atomic E-state index is 0.289. The van der Waals surface area contributed by atoms with Gasteiger partial charge in [-0.15, -0.1) is 0 Å². The minimum atomic E-state index is -0.997. The Hall–Kier alpha value is -0.930. The summed E-state index contributed by atoms with van der Waals surface area (Å²) in [5.74, 6) is 0. The molecule has 0 amide bonds. The molecule has 1 rings (SSSR count). The van der Waals surface area contributed by atoms with Gasteiger partial charge in [0.2, 0.25) is 0 Å². The molecule has 4 unspecified atom stereocenters. The SMILES string of the molecule is COC1CC(O)/C(=C/C#N)C(O)C1OC. The highest BCUT2D eigenvalue weighted by Crippen LogP contribution is 2.28. The van der Waals surface area contributed by atoms with E-state index >= 15 is 0 Å². The van der Waals surface area contributed by atoms with Crippen LogP contribution in [0.25, 0.3) is 0 Å². The van der Waals surface area contributed by atoms with Crippen molar-refractivity contribution in [2.75, 3.05) is 14.2 Å². The van der Waals surface area contributed by atoms with Crippen LogP contribution in [0.3, 0.4) is 0 Å². The molecule has 0 aromatic rings. The van der Waals surface area contributed by atoms with Crippen molar-refractivity contribution in [1.82, 2.24) is 0 Å². The van der Waals surface area contributed by atoms with Crippen molar-refractivity contribution in [3.8, 4) is 6.07 Å². The Bertz CT molecular complexity index is 284. The summed E-state index contributed by atoms with van der Waals surface area (Å²) in [5.41, 5.74) is 0.289. The predicted molar refractivity (Wildman–Crippen MR) is 51.9 cm³/mol. The molecule has 0 radical (unpaired) electrons. The van der Waals surface area contributed by atoms with Gasteiger partial charge in [0.05, 0.1) is 18.3 Å². The molecule has 2 N–H and O–H groups in total. The molecule has 5 nitrogen and oxygen atoms in total. The van der Waals surface area contributed by atoms with Gasteiger partial charge in [-0.2, -0.15) is 5.26 Å². The minimum Gasteiger partial charge on any atom is -0.389 e. The first-order chi connectivity index (χ1) is 7.15. The summed E-state index contributed by atoms with van der Waals surface area (Å²) >= 11 is 0. The maximum Gasteiger partial charge on any atom is 0.113 e. The van der Waals surface area contributed by atoms with E-state index in [4.69, 9.17) is 14.7 Å². The summed E-state index contributed by atoms with van der Waals surface area (Å²) in [7, 11) is 2.96. The highest BCUT2D eigenvalue weighted by Gasteiger charge is 2.40. The van der Waals surface area contributed by atoms with Gasteiger partial charge in [-0.25, -0.2) is 0 Å². The van der Waals surface area contributed by atoms with Gasteiger partial charge >= 0.3 is 0 Å². The molecule has 1 saturated carbocycles. The van der Waals surface area contributed by atoms with E-state index in [1.807, 2.05) is 0 Å². The van der Waals surface area contributed by atoms with E-state index in [1.165, 1.54) is 14.2 Å². The number of allylic oxidation sites excluding steroid dienone is 1. The van der Waals surface area contributed by atoms with E-state index in [-0.39, 0.29) is 11.7 Å². The van der Waals surface area contributed by atoms with Crippen molar-refractivity contribution in [2.24, 2.45) is 0 Å². The molecule has 0 bridgehead atoms. The number of hydrogen-bond acceptors (Lipinski definition) is 5. The number of methoxy groups -OCH3 is 2. The van der Waals surface area contributed by atoms with Crippen LogP contribution in [-0.2, 0) is 9.47 Å². The first-order valence-electron chi connectivity index (χ1n) is 4.67. The van der Waals surface area contributed by atoms with Gasteiger partial charge in [0.15, 0.2) is 0 Å². The zero-order valence-electron chi connectivity index (χ0n) is 8.75. The zero-order valence-corrected chi connectivity index (χ0v) is 8.75. The van der Waals surface area contributed by atoms with Crippen LogP contribution in [0.4, 0.5) is 0 Å². The Balaban J connectivity index is 2.90. The molecule has 0 spiro atoms. The van der Waals surface area contributed by atoms with Gasteiger partial charge in [0.25, 0.3) is 0 Å². The highest BCUT2D eigenvalue weighted by atomic mass is 16.5. The maximum atomic E-state index is 9.85. The second kappa shape index (κ2) is 5.24. The molecule has 0 saturated heterocycles. The molecular weight excluding hydrogens is 198 g/mol. The smallest absolute Gasteiger partial charge is 0.113 e. The Morgan fingerprint density at radius 3 is 2.53 bits per heavy atom. The molecule has 5 heteroatoms. The van der Waals surface area contributed by atoms with Crippen molar-refractivity contribution >= 4 is 0 Å². The standard InChI is InChI=1S/C10H15NO4/c1-14-8-5-7(12)6(3-4-11)9(13)10(8)15-2/h3,7-10,12-13H,5H2,1-2H3/b6-3-. The average molecular weight is 213 g/mol. The third-order valence-corrected chi connectivity index (χ3v) is 2.67. The van der Waals surface area contributed by atoms with Crippen molar-refractivity contribution in [2.45, 2.75) is 30.8 Å². The predicted octanol–water partition coefficient (Wildman–Crippen LogP) is -0.408. The highest BCUT2D eigenvalue weighted by molar-refractivity contribution is 5.25. The summed E-state index contributed by atoms with van der Waals surface area (Å²) in [6.45, 7) is 0. The lowest BCUT2D eigenvalue weighted by Crippen LogP contribution is -2.49. The molecule has 0 heterocycles. The van der Waals surface area contributed by atoms with Crippen molar-refractivity contribution in [1.29, 1.82) is 5.26 Å². The average Bonchev–Trinajstić information content (AvgIpc) is 2.23. The van der Waals surface area contributed by atoms with Crippen LogP contribution >= 0.6 is 0 Å². The van der Waals surface area contributed by atoms with Crippen LogP contribution in [0, 0.1) is 11.3 Å². The fourth-order valence-electron chi connectivity index (χ4n) is 1.85. The van der Waals surface area contributed by atoms with Gasteiger partial charge in [-0.1, -0.05) is 0 Å². The number of aliphatic hydroxyl groups is 2. The Kier molecular flexibility index (Phi) is 4.24. The van der Waals surface area contributed by atoms with Crippen LogP contribution in [0.5, 0.6) is 0 Å². The molecular formula is C10H15NO4. The topological polar surface area (TPSA) is 82.7 Å². The number of aliphatic hydroxyl groups excluding tert-OH is 2. The Labute approximate surface area is 88.5 Å². The molecule has 15 heavy (non-hydrogen) atoms. The maximum absolute atomic E-state index is 9.85. The lowest BCUT2D eigenvalue weighted by molar-refractivity contribution is -0.118. The molecule has 1 aliphatic rings. The van der Waals surface area contributed by atoms with Gasteiger partial charge in [-0.3, -0.25) is 0 Å². The fourth-order valence-corrected chi connectivity index (χ4v) is 1.85. The number of nitrogens with zero attached hydrogens (tertiary/aromatic N) is 1. The largest absolute Gasteiger partial charge is 0.389 e. The summed E-state index contributed by atoms with van der Waals surface area (Å²) in [5, 5.41) is 28.0. The quantitative estimate of drug-likeness (QED) is 0.609. The first kappa shape index (κ1) is 12.1. The van der Waals surface area contributed by atoms with E-state index in [0.29, 0.717) is 6.42 Å². The monoisotopic (exact) mass is 213 g/mol. The van der Waals surface area contributed by atoms with Crippen LogP contribution in [-0.4, -0.2) is 48.8 Å². The summed E-state index contributed by atoms with van der Waals surface area (Å²) in [6, 6.07) is 1.80. The number of rotatable bonds is 2. The molecule has 0 aromatic carbocycles. The van der Waals surface area contributed by atoms with E-state index in [2.05, 4.69) is 0 Å². The molecule has 84 valence electrons. The third-order valence-electron chi connectivity index (χ3n) is 2.67. The van der Waals surface area contributed by atoms with Gasteiger partial charge < -0.3 is 19.7 Å². The van der Waals surface area contributed by atoms with Gasteiger partial charge in [0.1, 0.15) is 12.2 Å². The van der Waals surface area contributed by atoms with Crippen LogP contribution in [0.15, 0.2) is 11.6 Å². The molecule has 0 aromatic heterocycles. The number of nitriles is 1. The lowest BCUT2D eigenvalue weighted by atomic mass is 9.85. The van der Waals surface area contributed by atoms with E-state index < -0.39 is 18.3 Å². The third kappa shape index (κ3) is 2.36. The second-order valence-corrected chi connectivity index (χ2v) is 3.44. The zero-order chi connectivity index (χ0) is 11.4. The van der Waals surface area contributed by atoms with Crippen molar-refractivity contribution < 1.29 is 19.7 Å². The van der Waals surface area contributed by atoms with Gasteiger partial charge in [0, 0.05) is 26.7 Å². The summed E-state index contributed by atoms with van der Waals surface area (Å²) in [4.78, 5) is 0. The normalized spacial score (nSPS) is 39.0. The number of ether oxygens (including phenoxy) is 2. The fraction of sp³-hybridized carbons (Fsp3) is 0.700. The summed E-state index contributed by atoms with van der Waals surface area (Å²) < 4.78 is 10.2. The molecule has 1 aliphatic carbocycles. The molecule has 0 aliphatic heterocycles. The molecule has 4 atom stereocenters.